The summed E-state index contributed by atoms with van der Waals surface area (Å²) in [6.07, 6.45) is 1.78. The third-order valence-corrected chi connectivity index (χ3v) is 3.51. The molecule has 0 amide bonds. The number of halogens is 1. The van der Waals surface area contributed by atoms with Crippen molar-refractivity contribution in [3.05, 3.63) is 45.7 Å². The van der Waals surface area contributed by atoms with Gasteiger partial charge in [-0.2, -0.15) is 5.10 Å². The molecule has 0 atom stereocenters. The van der Waals surface area contributed by atoms with Crippen molar-refractivity contribution >= 4 is 27.6 Å². The molecule has 0 spiro atoms. The highest BCUT2D eigenvalue weighted by Gasteiger charge is 2.11. The predicted octanol–water partition coefficient (Wildman–Crippen LogP) is 2.80. The Morgan fingerprint density at radius 1 is 1.53 bits per heavy atom. The number of anilines is 1. The number of carbonyl (C=O) groups is 1. The molecule has 0 fully saturated rings. The monoisotopic (exact) mass is 323 g/mol. The lowest BCUT2D eigenvalue weighted by Crippen LogP contribution is -2.07. The lowest BCUT2D eigenvalue weighted by Gasteiger charge is -2.10. The summed E-state index contributed by atoms with van der Waals surface area (Å²) < 4.78 is 2.62. The van der Waals surface area contributed by atoms with E-state index in [9.17, 15) is 4.79 Å². The van der Waals surface area contributed by atoms with Crippen molar-refractivity contribution in [2.75, 3.05) is 5.32 Å². The van der Waals surface area contributed by atoms with E-state index in [2.05, 4.69) is 26.3 Å². The number of rotatable bonds is 4. The molecule has 19 heavy (non-hydrogen) atoms. The van der Waals surface area contributed by atoms with Gasteiger partial charge in [-0.3, -0.25) is 4.68 Å². The van der Waals surface area contributed by atoms with E-state index in [0.717, 1.165) is 15.7 Å². The first-order valence-electron chi connectivity index (χ1n) is 5.73. The SMILES string of the molecule is Cc1c(CNc2cc(Br)ccc2C(=O)O)cnn1C. The summed E-state index contributed by atoms with van der Waals surface area (Å²) in [5, 5.41) is 16.4. The molecule has 0 bridgehead atoms. The Kier molecular flexibility index (Phi) is 3.90. The molecule has 5 nitrogen and oxygen atoms in total. The van der Waals surface area contributed by atoms with Crippen LogP contribution in [0.4, 0.5) is 5.69 Å². The molecule has 0 saturated heterocycles. The zero-order valence-corrected chi connectivity index (χ0v) is 12.2. The maximum atomic E-state index is 11.1. The molecule has 1 heterocycles. The number of aromatic nitrogens is 2. The largest absolute Gasteiger partial charge is 0.478 e. The Morgan fingerprint density at radius 2 is 2.26 bits per heavy atom. The first-order chi connectivity index (χ1) is 8.99. The number of hydrogen-bond acceptors (Lipinski definition) is 3. The lowest BCUT2D eigenvalue weighted by molar-refractivity contribution is 0.0698. The zero-order chi connectivity index (χ0) is 14.0. The summed E-state index contributed by atoms with van der Waals surface area (Å²) in [5.41, 5.74) is 2.94. The Balaban J connectivity index is 2.21. The third kappa shape index (κ3) is 2.96. The Morgan fingerprint density at radius 3 is 2.84 bits per heavy atom. The van der Waals surface area contributed by atoms with Crippen molar-refractivity contribution in [1.82, 2.24) is 9.78 Å². The van der Waals surface area contributed by atoms with Crippen LogP contribution in [-0.2, 0) is 13.6 Å². The minimum atomic E-state index is -0.946. The fraction of sp³-hybridized carbons (Fsp3) is 0.231. The number of benzene rings is 1. The number of nitrogens with zero attached hydrogens (tertiary/aromatic N) is 2. The second-order valence-corrected chi connectivity index (χ2v) is 5.14. The molecular formula is C13H14BrN3O2. The molecule has 0 radical (unpaired) electrons. The van der Waals surface area contributed by atoms with Crippen LogP contribution in [0.3, 0.4) is 0 Å². The molecule has 0 aliphatic carbocycles. The molecule has 0 unspecified atom stereocenters. The van der Waals surface area contributed by atoms with Crippen LogP contribution in [0.2, 0.25) is 0 Å². The van der Waals surface area contributed by atoms with E-state index in [1.165, 1.54) is 0 Å². The quantitative estimate of drug-likeness (QED) is 0.907. The van der Waals surface area contributed by atoms with Crippen molar-refractivity contribution in [3.8, 4) is 0 Å². The van der Waals surface area contributed by atoms with E-state index in [1.54, 1.807) is 29.1 Å². The molecule has 100 valence electrons. The fourth-order valence-electron chi connectivity index (χ4n) is 1.76. The second kappa shape index (κ2) is 5.44. The van der Waals surface area contributed by atoms with Crippen molar-refractivity contribution in [3.63, 3.8) is 0 Å². The highest BCUT2D eigenvalue weighted by Crippen LogP contribution is 2.22. The maximum Gasteiger partial charge on any atom is 0.337 e. The van der Waals surface area contributed by atoms with Gasteiger partial charge in [-0.1, -0.05) is 15.9 Å². The summed E-state index contributed by atoms with van der Waals surface area (Å²) in [6, 6.07) is 5.05. The van der Waals surface area contributed by atoms with Crippen LogP contribution in [0.5, 0.6) is 0 Å². The van der Waals surface area contributed by atoms with Crippen molar-refractivity contribution in [2.45, 2.75) is 13.5 Å². The number of aryl methyl sites for hydroxylation is 1. The molecule has 1 aromatic carbocycles. The van der Waals surface area contributed by atoms with E-state index < -0.39 is 5.97 Å². The smallest absolute Gasteiger partial charge is 0.337 e. The normalized spacial score (nSPS) is 10.5. The van der Waals surface area contributed by atoms with Gasteiger partial charge in [0.25, 0.3) is 0 Å². The Bertz CT molecular complexity index is 622. The van der Waals surface area contributed by atoms with Gasteiger partial charge >= 0.3 is 5.97 Å². The number of nitrogens with one attached hydrogen (secondary N) is 1. The molecule has 2 N–H and O–H groups in total. The van der Waals surface area contributed by atoms with Gasteiger partial charge in [-0.05, 0) is 25.1 Å². The predicted molar refractivity (Wildman–Crippen MR) is 76.4 cm³/mol. The topological polar surface area (TPSA) is 67.2 Å². The molecule has 2 aromatic rings. The Hall–Kier alpha value is -1.82. The summed E-state index contributed by atoms with van der Waals surface area (Å²) in [6.45, 7) is 2.51. The van der Waals surface area contributed by atoms with Crippen LogP contribution in [0.1, 0.15) is 21.6 Å². The molecule has 0 aliphatic rings. The van der Waals surface area contributed by atoms with Crippen LogP contribution in [0.25, 0.3) is 0 Å². The number of carboxylic acid groups (broad SMARTS) is 1. The molecule has 1 aromatic heterocycles. The highest BCUT2D eigenvalue weighted by atomic mass is 79.9. The standard InChI is InChI=1S/C13H14BrN3O2/c1-8-9(7-16-17(8)2)6-15-12-5-10(14)3-4-11(12)13(18)19/h3-5,7,15H,6H2,1-2H3,(H,18,19). The second-order valence-electron chi connectivity index (χ2n) is 4.23. The summed E-state index contributed by atoms with van der Waals surface area (Å²) in [5.74, 6) is -0.946. The van der Waals surface area contributed by atoms with Gasteiger partial charge in [0.1, 0.15) is 0 Å². The lowest BCUT2D eigenvalue weighted by atomic mass is 10.1. The van der Waals surface area contributed by atoms with Crippen LogP contribution in [-0.4, -0.2) is 20.9 Å². The van der Waals surface area contributed by atoms with E-state index in [-0.39, 0.29) is 5.56 Å². The molecule has 6 heteroatoms. The van der Waals surface area contributed by atoms with E-state index >= 15 is 0 Å². The Labute approximate surface area is 119 Å². The molecule has 0 saturated carbocycles. The van der Waals surface area contributed by atoms with Gasteiger partial charge in [-0.25, -0.2) is 4.79 Å². The summed E-state index contributed by atoms with van der Waals surface area (Å²) >= 11 is 3.34. The summed E-state index contributed by atoms with van der Waals surface area (Å²) in [4.78, 5) is 11.1. The van der Waals surface area contributed by atoms with Gasteiger partial charge in [-0.15, -0.1) is 0 Å². The third-order valence-electron chi connectivity index (χ3n) is 3.02. The van der Waals surface area contributed by atoms with E-state index in [4.69, 9.17) is 5.11 Å². The minimum absolute atomic E-state index is 0.254. The summed E-state index contributed by atoms with van der Waals surface area (Å²) in [7, 11) is 1.88. The fourth-order valence-corrected chi connectivity index (χ4v) is 2.12. The van der Waals surface area contributed by atoms with Crippen LogP contribution in [0, 0.1) is 6.92 Å². The van der Waals surface area contributed by atoms with Crippen molar-refractivity contribution < 1.29 is 9.90 Å². The van der Waals surface area contributed by atoms with E-state index in [0.29, 0.717) is 12.2 Å². The van der Waals surface area contributed by atoms with Gasteiger partial charge in [0.15, 0.2) is 0 Å². The van der Waals surface area contributed by atoms with Gasteiger partial charge < -0.3 is 10.4 Å². The maximum absolute atomic E-state index is 11.1. The van der Waals surface area contributed by atoms with E-state index in [1.807, 2.05) is 14.0 Å². The zero-order valence-electron chi connectivity index (χ0n) is 10.6. The number of aromatic carboxylic acids is 1. The van der Waals surface area contributed by atoms with Crippen LogP contribution in [0.15, 0.2) is 28.9 Å². The first kappa shape index (κ1) is 13.6. The molecular weight excluding hydrogens is 310 g/mol. The average molecular weight is 324 g/mol. The molecule has 0 aliphatic heterocycles. The first-order valence-corrected chi connectivity index (χ1v) is 6.52. The van der Waals surface area contributed by atoms with Crippen LogP contribution >= 0.6 is 15.9 Å². The van der Waals surface area contributed by atoms with Gasteiger partial charge in [0.2, 0.25) is 0 Å². The highest BCUT2D eigenvalue weighted by molar-refractivity contribution is 9.10. The molecule has 2 rings (SSSR count). The van der Waals surface area contributed by atoms with Crippen LogP contribution < -0.4 is 5.32 Å². The van der Waals surface area contributed by atoms with Crippen molar-refractivity contribution in [2.24, 2.45) is 7.05 Å². The van der Waals surface area contributed by atoms with Gasteiger partial charge in [0, 0.05) is 29.3 Å². The van der Waals surface area contributed by atoms with Gasteiger partial charge in [0.05, 0.1) is 17.4 Å². The number of carboxylic acids is 1. The number of hydrogen-bond donors (Lipinski definition) is 2. The minimum Gasteiger partial charge on any atom is -0.478 e. The average Bonchev–Trinajstić information content (AvgIpc) is 2.67. The van der Waals surface area contributed by atoms with Crippen molar-refractivity contribution in [1.29, 1.82) is 0 Å².